The van der Waals surface area contributed by atoms with Gasteiger partial charge in [-0.3, -0.25) is 4.79 Å². The average Bonchev–Trinajstić information content (AvgIpc) is 3.44. The number of hydrogen-bond donors (Lipinski definition) is 1. The van der Waals surface area contributed by atoms with Crippen molar-refractivity contribution in [1.29, 1.82) is 0 Å². The minimum absolute atomic E-state index is 0.0448. The highest BCUT2D eigenvalue weighted by Gasteiger charge is 2.36. The molecular formula is C25H27N7O. The Bertz CT molecular complexity index is 1260. The van der Waals surface area contributed by atoms with Crippen molar-refractivity contribution in [3.63, 3.8) is 0 Å². The largest absolute Gasteiger partial charge is 0.345 e. The van der Waals surface area contributed by atoms with Gasteiger partial charge in [0.15, 0.2) is 0 Å². The van der Waals surface area contributed by atoms with Gasteiger partial charge in [-0.2, -0.15) is 5.10 Å². The highest BCUT2D eigenvalue weighted by Crippen LogP contribution is 2.41. The monoisotopic (exact) mass is 441 g/mol. The van der Waals surface area contributed by atoms with Crippen molar-refractivity contribution >= 4 is 5.91 Å². The topological polar surface area (TPSA) is 90.5 Å². The fraction of sp³-hybridized carbons (Fsp3) is 0.320. The molecule has 0 aliphatic heterocycles. The second-order valence-electron chi connectivity index (χ2n) is 9.57. The lowest BCUT2D eigenvalue weighted by Gasteiger charge is -2.36. The van der Waals surface area contributed by atoms with Gasteiger partial charge in [0, 0.05) is 11.1 Å². The molecule has 33 heavy (non-hydrogen) atoms. The smallest absolute Gasteiger partial charge is 0.251 e. The number of nitrogens with one attached hydrogen (secondary N) is 1. The van der Waals surface area contributed by atoms with Crippen molar-refractivity contribution in [3.05, 3.63) is 89.0 Å². The van der Waals surface area contributed by atoms with Gasteiger partial charge in [-0.05, 0) is 65.4 Å². The normalized spacial score (nSPS) is 16.9. The predicted octanol–water partition coefficient (Wildman–Crippen LogP) is 3.66. The number of carbonyl (C=O) groups is 1. The zero-order valence-corrected chi connectivity index (χ0v) is 19.1. The van der Waals surface area contributed by atoms with Crippen LogP contribution in [-0.2, 0) is 13.0 Å². The van der Waals surface area contributed by atoms with Crippen LogP contribution in [0.4, 0.5) is 0 Å². The van der Waals surface area contributed by atoms with Crippen LogP contribution in [0.3, 0.4) is 0 Å². The van der Waals surface area contributed by atoms with E-state index < -0.39 is 0 Å². The van der Waals surface area contributed by atoms with Crippen molar-refractivity contribution < 1.29 is 4.79 Å². The second kappa shape index (κ2) is 8.27. The first-order chi connectivity index (χ1) is 15.9. The molecule has 5 rings (SSSR count). The minimum Gasteiger partial charge on any atom is -0.345 e. The number of rotatable bonds is 5. The maximum atomic E-state index is 13.1. The fourth-order valence-electron chi connectivity index (χ4n) is 4.52. The van der Waals surface area contributed by atoms with Crippen LogP contribution in [-0.4, -0.2) is 35.9 Å². The Morgan fingerprint density at radius 1 is 1.12 bits per heavy atom. The van der Waals surface area contributed by atoms with E-state index >= 15 is 0 Å². The van der Waals surface area contributed by atoms with E-state index in [2.05, 4.69) is 71.0 Å². The summed E-state index contributed by atoms with van der Waals surface area (Å²) in [6, 6.07) is 15.9. The number of amides is 1. The molecule has 0 saturated heterocycles. The third kappa shape index (κ3) is 4.41. The molecule has 1 aliphatic carbocycles. The molecule has 8 heteroatoms. The number of carbonyl (C=O) groups excluding carboxylic acids is 1. The Morgan fingerprint density at radius 2 is 1.88 bits per heavy atom. The molecule has 8 nitrogen and oxygen atoms in total. The molecule has 1 amide bonds. The van der Waals surface area contributed by atoms with Gasteiger partial charge < -0.3 is 5.32 Å². The van der Waals surface area contributed by atoms with Crippen molar-refractivity contribution in [1.82, 2.24) is 35.3 Å². The number of benzene rings is 2. The molecule has 0 bridgehead atoms. The zero-order valence-electron chi connectivity index (χ0n) is 19.1. The van der Waals surface area contributed by atoms with Crippen molar-refractivity contribution in [2.75, 3.05) is 0 Å². The summed E-state index contributed by atoms with van der Waals surface area (Å²) in [4.78, 5) is 13.1. The first kappa shape index (κ1) is 21.1. The molecule has 0 spiro atoms. The first-order valence-corrected chi connectivity index (χ1v) is 11.1. The highest BCUT2D eigenvalue weighted by atomic mass is 16.1. The van der Waals surface area contributed by atoms with Gasteiger partial charge in [0.05, 0.1) is 30.2 Å². The molecule has 1 N–H and O–H groups in total. The van der Waals surface area contributed by atoms with Gasteiger partial charge in [0.25, 0.3) is 5.91 Å². The van der Waals surface area contributed by atoms with Crippen LogP contribution < -0.4 is 5.32 Å². The number of aryl methyl sites for hydroxylation is 1. The molecule has 2 aromatic carbocycles. The van der Waals surface area contributed by atoms with Crippen LogP contribution in [0.2, 0.25) is 0 Å². The Hall–Kier alpha value is -3.81. The van der Waals surface area contributed by atoms with Gasteiger partial charge in [0.2, 0.25) is 0 Å². The van der Waals surface area contributed by atoms with E-state index in [4.69, 9.17) is 0 Å². The fourth-order valence-corrected chi connectivity index (χ4v) is 4.52. The molecule has 4 aromatic rings. The quantitative estimate of drug-likeness (QED) is 0.510. The molecule has 168 valence electrons. The number of fused-ring (bicyclic) bond motifs is 1. The SMILES string of the molecule is Cc1ccc(-n2ncc3c2CC(C)(C)CC3NC(=O)c2ccc(Cn3cnnn3)cc2)cc1. The summed E-state index contributed by atoms with van der Waals surface area (Å²) in [6.07, 6.45) is 5.25. The van der Waals surface area contributed by atoms with Gasteiger partial charge in [-0.25, -0.2) is 9.36 Å². The maximum absolute atomic E-state index is 13.1. The summed E-state index contributed by atoms with van der Waals surface area (Å²) in [6.45, 7) is 7.13. The van der Waals surface area contributed by atoms with E-state index in [0.717, 1.165) is 35.3 Å². The van der Waals surface area contributed by atoms with E-state index in [1.165, 1.54) is 5.56 Å². The molecule has 0 fully saturated rings. The third-order valence-corrected chi connectivity index (χ3v) is 6.22. The van der Waals surface area contributed by atoms with Gasteiger partial charge in [-0.1, -0.05) is 43.7 Å². The molecule has 2 aromatic heterocycles. The van der Waals surface area contributed by atoms with Gasteiger partial charge in [0.1, 0.15) is 6.33 Å². The molecular weight excluding hydrogens is 414 g/mol. The predicted molar refractivity (Wildman–Crippen MR) is 124 cm³/mol. The highest BCUT2D eigenvalue weighted by molar-refractivity contribution is 5.94. The van der Waals surface area contributed by atoms with Crippen molar-refractivity contribution in [2.45, 2.75) is 46.2 Å². The van der Waals surface area contributed by atoms with Crippen LogP contribution in [0, 0.1) is 12.3 Å². The average molecular weight is 442 g/mol. The first-order valence-electron chi connectivity index (χ1n) is 11.1. The lowest BCUT2D eigenvalue weighted by molar-refractivity contribution is 0.0919. The summed E-state index contributed by atoms with van der Waals surface area (Å²) in [7, 11) is 0. The lowest BCUT2D eigenvalue weighted by Crippen LogP contribution is -2.36. The van der Waals surface area contributed by atoms with E-state index in [9.17, 15) is 4.79 Å². The molecule has 1 aliphatic rings. The molecule has 1 atom stereocenters. The molecule has 1 unspecified atom stereocenters. The number of hydrogen-bond acceptors (Lipinski definition) is 5. The second-order valence-corrected chi connectivity index (χ2v) is 9.57. The lowest BCUT2D eigenvalue weighted by atomic mass is 9.74. The Morgan fingerprint density at radius 3 is 2.58 bits per heavy atom. The van der Waals surface area contributed by atoms with Crippen LogP contribution >= 0.6 is 0 Å². The number of tetrazole rings is 1. The zero-order chi connectivity index (χ0) is 23.0. The van der Waals surface area contributed by atoms with E-state index in [1.54, 1.807) is 11.0 Å². The molecule has 2 heterocycles. The summed E-state index contributed by atoms with van der Waals surface area (Å²) in [5, 5.41) is 19.1. The van der Waals surface area contributed by atoms with E-state index in [0.29, 0.717) is 12.1 Å². The summed E-state index contributed by atoms with van der Waals surface area (Å²) in [5.41, 5.74) is 6.22. The van der Waals surface area contributed by atoms with Crippen LogP contribution in [0.15, 0.2) is 61.1 Å². The van der Waals surface area contributed by atoms with Gasteiger partial charge >= 0.3 is 0 Å². The molecule has 0 radical (unpaired) electrons. The van der Waals surface area contributed by atoms with Crippen LogP contribution in [0.5, 0.6) is 0 Å². The summed E-state index contributed by atoms with van der Waals surface area (Å²) >= 11 is 0. The molecule has 0 saturated carbocycles. The number of aromatic nitrogens is 6. The van der Waals surface area contributed by atoms with E-state index in [-0.39, 0.29) is 17.4 Å². The van der Waals surface area contributed by atoms with Gasteiger partial charge in [-0.15, -0.1) is 5.10 Å². The van der Waals surface area contributed by atoms with Crippen molar-refractivity contribution in [2.24, 2.45) is 5.41 Å². The van der Waals surface area contributed by atoms with Crippen LogP contribution in [0.1, 0.15) is 59.1 Å². The van der Waals surface area contributed by atoms with Crippen molar-refractivity contribution in [3.8, 4) is 5.69 Å². The Balaban J connectivity index is 1.36. The third-order valence-electron chi connectivity index (χ3n) is 6.22. The maximum Gasteiger partial charge on any atom is 0.251 e. The summed E-state index contributed by atoms with van der Waals surface area (Å²) < 4.78 is 3.66. The van der Waals surface area contributed by atoms with Crippen LogP contribution in [0.25, 0.3) is 5.69 Å². The Labute approximate surface area is 192 Å². The number of nitrogens with zero attached hydrogens (tertiary/aromatic N) is 6. The standard InChI is InChI=1S/C25H27N7O/c1-17-4-10-20(11-5-17)32-23-13-25(2,3)12-22(21(23)14-27-32)28-24(33)19-8-6-18(7-9-19)15-31-16-26-29-30-31/h4-11,14,16,22H,12-13,15H2,1-3H3,(H,28,33). The minimum atomic E-state index is -0.0867. The Kier molecular flexibility index (Phi) is 5.28. The van der Waals surface area contributed by atoms with E-state index in [1.807, 2.05) is 35.1 Å². The summed E-state index contributed by atoms with van der Waals surface area (Å²) in [5.74, 6) is -0.0827.